The summed E-state index contributed by atoms with van der Waals surface area (Å²) in [6, 6.07) is 8.14. The molecule has 0 amide bonds. The number of para-hydroxylation sites is 1. The second-order valence-electron chi connectivity index (χ2n) is 3.34. The number of aromatic amines is 1. The molecule has 4 nitrogen and oxygen atoms in total. The van der Waals surface area contributed by atoms with Crippen LogP contribution in [0, 0.1) is 0 Å². The quantitative estimate of drug-likeness (QED) is 0.606. The van der Waals surface area contributed by atoms with Gasteiger partial charge >= 0.3 is 0 Å². The molecule has 2 heterocycles. The first-order chi connectivity index (χ1) is 7.93. The van der Waals surface area contributed by atoms with Gasteiger partial charge < -0.3 is 4.98 Å². The summed E-state index contributed by atoms with van der Waals surface area (Å²) in [5.74, 6) is 0. The van der Waals surface area contributed by atoms with E-state index in [4.69, 9.17) is 0 Å². The number of hydrogen-bond acceptors (Lipinski definition) is 4. The first-order valence-corrected chi connectivity index (χ1v) is 5.79. The molecule has 0 bridgehead atoms. The Hall–Kier alpha value is -2.01. The Kier molecular flexibility index (Phi) is 2.23. The van der Waals surface area contributed by atoms with Crippen molar-refractivity contribution >= 4 is 33.1 Å². The van der Waals surface area contributed by atoms with Gasteiger partial charge in [0.15, 0.2) is 0 Å². The molecule has 2 aromatic heterocycles. The number of benzene rings is 1. The van der Waals surface area contributed by atoms with Crippen LogP contribution in [0.1, 0.15) is 0 Å². The number of H-pyrrole nitrogens is 1. The molecule has 0 radical (unpaired) electrons. The van der Waals surface area contributed by atoms with Gasteiger partial charge in [-0.15, -0.1) is 11.3 Å². The zero-order valence-corrected chi connectivity index (χ0v) is 9.21. The number of anilines is 2. The van der Waals surface area contributed by atoms with Gasteiger partial charge in [-0.25, -0.2) is 4.98 Å². The molecule has 16 heavy (non-hydrogen) atoms. The summed E-state index contributed by atoms with van der Waals surface area (Å²) < 4.78 is 0. The Morgan fingerprint density at radius 1 is 1.19 bits per heavy atom. The number of nitrogens with zero attached hydrogens (tertiary/aromatic N) is 1. The van der Waals surface area contributed by atoms with Crippen LogP contribution in [0.25, 0.3) is 10.9 Å². The highest BCUT2D eigenvalue weighted by molar-refractivity contribution is 7.13. The number of fused-ring (bicyclic) bond motifs is 1. The van der Waals surface area contributed by atoms with Crippen LogP contribution in [0.3, 0.4) is 0 Å². The number of rotatable bonds is 3. The summed E-state index contributed by atoms with van der Waals surface area (Å²) in [5.41, 5.74) is 8.33. The highest BCUT2D eigenvalue weighted by atomic mass is 32.1. The second-order valence-corrected chi connectivity index (χ2v) is 4.23. The molecule has 3 N–H and O–H groups in total. The average molecular weight is 230 g/mol. The fourth-order valence-corrected chi connectivity index (χ4v) is 2.06. The van der Waals surface area contributed by atoms with E-state index in [0.717, 1.165) is 21.7 Å². The second kappa shape index (κ2) is 3.86. The SMILES string of the molecule is c1ccc2c(NNc3nccs3)c[nH]c2c1. The Labute approximate surface area is 96.3 Å². The zero-order chi connectivity index (χ0) is 10.8. The maximum atomic E-state index is 4.13. The van der Waals surface area contributed by atoms with E-state index in [1.165, 1.54) is 0 Å². The molecular formula is C11H10N4S. The van der Waals surface area contributed by atoms with E-state index in [2.05, 4.69) is 26.9 Å². The van der Waals surface area contributed by atoms with Crippen LogP contribution in [-0.2, 0) is 0 Å². The predicted molar refractivity (Wildman–Crippen MR) is 67.7 cm³/mol. The zero-order valence-electron chi connectivity index (χ0n) is 8.40. The molecule has 0 aliphatic carbocycles. The van der Waals surface area contributed by atoms with Crippen molar-refractivity contribution in [1.82, 2.24) is 9.97 Å². The molecular weight excluding hydrogens is 220 g/mol. The van der Waals surface area contributed by atoms with E-state index in [-0.39, 0.29) is 0 Å². The van der Waals surface area contributed by atoms with Gasteiger partial charge in [-0.2, -0.15) is 0 Å². The molecule has 0 atom stereocenters. The fraction of sp³-hybridized carbons (Fsp3) is 0. The Morgan fingerprint density at radius 2 is 2.12 bits per heavy atom. The van der Waals surface area contributed by atoms with Gasteiger partial charge in [0.1, 0.15) is 0 Å². The lowest BCUT2D eigenvalue weighted by atomic mass is 10.2. The van der Waals surface area contributed by atoms with E-state index in [9.17, 15) is 0 Å². The molecule has 0 aliphatic rings. The molecule has 0 unspecified atom stereocenters. The summed E-state index contributed by atoms with van der Waals surface area (Å²) in [5, 5.41) is 3.94. The van der Waals surface area contributed by atoms with Crippen molar-refractivity contribution < 1.29 is 0 Å². The summed E-state index contributed by atoms with van der Waals surface area (Å²) >= 11 is 1.56. The van der Waals surface area contributed by atoms with Crippen molar-refractivity contribution in [2.75, 3.05) is 10.9 Å². The van der Waals surface area contributed by atoms with Crippen molar-refractivity contribution in [3.05, 3.63) is 42.0 Å². The molecule has 0 saturated heterocycles. The average Bonchev–Trinajstić information content (AvgIpc) is 2.96. The predicted octanol–water partition coefficient (Wildman–Crippen LogP) is 3.06. The normalized spacial score (nSPS) is 10.5. The number of hydrogen-bond donors (Lipinski definition) is 3. The highest BCUT2D eigenvalue weighted by Gasteiger charge is 2.01. The molecule has 0 fully saturated rings. The fourth-order valence-electron chi connectivity index (χ4n) is 1.58. The number of aromatic nitrogens is 2. The summed E-state index contributed by atoms with van der Waals surface area (Å²) in [6.45, 7) is 0. The Morgan fingerprint density at radius 3 is 3.00 bits per heavy atom. The molecule has 3 rings (SSSR count). The van der Waals surface area contributed by atoms with E-state index < -0.39 is 0 Å². The van der Waals surface area contributed by atoms with Crippen molar-refractivity contribution in [3.63, 3.8) is 0 Å². The van der Waals surface area contributed by atoms with E-state index in [1.807, 2.05) is 29.8 Å². The highest BCUT2D eigenvalue weighted by Crippen LogP contribution is 2.22. The molecule has 5 heteroatoms. The Bertz CT molecular complexity index is 585. The third-order valence-corrected chi connectivity index (χ3v) is 3.01. The number of hydrazine groups is 1. The van der Waals surface area contributed by atoms with Gasteiger partial charge in [-0.05, 0) is 6.07 Å². The molecule has 80 valence electrons. The standard InChI is InChI=1S/C11H10N4S/c1-2-4-9-8(3-1)10(7-13-9)14-15-11-12-5-6-16-11/h1-7,13-14H,(H,12,15). The molecule has 1 aromatic carbocycles. The number of thiazole rings is 1. The maximum Gasteiger partial charge on any atom is 0.201 e. The third kappa shape index (κ3) is 1.61. The molecule has 0 saturated carbocycles. The lowest BCUT2D eigenvalue weighted by Gasteiger charge is -2.04. The van der Waals surface area contributed by atoms with Crippen LogP contribution in [-0.4, -0.2) is 9.97 Å². The van der Waals surface area contributed by atoms with Crippen molar-refractivity contribution in [2.24, 2.45) is 0 Å². The number of nitrogens with one attached hydrogen (secondary N) is 3. The lowest BCUT2D eigenvalue weighted by molar-refractivity contribution is 1.33. The van der Waals surface area contributed by atoms with E-state index in [0.29, 0.717) is 0 Å². The van der Waals surface area contributed by atoms with Crippen LogP contribution >= 0.6 is 11.3 Å². The molecule has 3 aromatic rings. The first kappa shape index (κ1) is 9.23. The summed E-state index contributed by atoms with van der Waals surface area (Å²) in [4.78, 5) is 7.33. The van der Waals surface area contributed by atoms with Gasteiger partial charge in [0.25, 0.3) is 0 Å². The van der Waals surface area contributed by atoms with Gasteiger partial charge in [0.2, 0.25) is 5.13 Å². The topological polar surface area (TPSA) is 52.7 Å². The smallest absolute Gasteiger partial charge is 0.201 e. The summed E-state index contributed by atoms with van der Waals surface area (Å²) in [7, 11) is 0. The monoisotopic (exact) mass is 230 g/mol. The van der Waals surface area contributed by atoms with Crippen molar-refractivity contribution in [1.29, 1.82) is 0 Å². The van der Waals surface area contributed by atoms with Crippen LogP contribution in [0.5, 0.6) is 0 Å². The minimum Gasteiger partial charge on any atom is -0.359 e. The molecule has 0 spiro atoms. The van der Waals surface area contributed by atoms with Crippen LogP contribution in [0.15, 0.2) is 42.0 Å². The maximum absolute atomic E-state index is 4.13. The van der Waals surface area contributed by atoms with Crippen molar-refractivity contribution in [3.8, 4) is 0 Å². The van der Waals surface area contributed by atoms with Gasteiger partial charge in [0.05, 0.1) is 5.69 Å². The minimum absolute atomic E-state index is 0.852. The van der Waals surface area contributed by atoms with Crippen LogP contribution in [0.4, 0.5) is 10.8 Å². The van der Waals surface area contributed by atoms with Gasteiger partial charge in [-0.3, -0.25) is 10.9 Å². The largest absolute Gasteiger partial charge is 0.359 e. The third-order valence-electron chi connectivity index (χ3n) is 2.33. The minimum atomic E-state index is 0.852. The van der Waals surface area contributed by atoms with Crippen LogP contribution in [0.2, 0.25) is 0 Å². The van der Waals surface area contributed by atoms with Gasteiger partial charge in [0, 0.05) is 28.7 Å². The van der Waals surface area contributed by atoms with Gasteiger partial charge in [-0.1, -0.05) is 18.2 Å². The van der Waals surface area contributed by atoms with Crippen LogP contribution < -0.4 is 10.9 Å². The van der Waals surface area contributed by atoms with E-state index in [1.54, 1.807) is 17.5 Å². The Balaban J connectivity index is 1.84. The van der Waals surface area contributed by atoms with E-state index >= 15 is 0 Å². The summed E-state index contributed by atoms with van der Waals surface area (Å²) in [6.07, 6.45) is 3.70. The van der Waals surface area contributed by atoms with Crippen molar-refractivity contribution in [2.45, 2.75) is 0 Å². The first-order valence-electron chi connectivity index (χ1n) is 4.91. The lowest BCUT2D eigenvalue weighted by Crippen LogP contribution is -2.07. The molecule has 0 aliphatic heterocycles.